The number of hydrogen-bond donors (Lipinski definition) is 1. The molecule has 0 bridgehead atoms. The van der Waals surface area contributed by atoms with Gasteiger partial charge in [-0.05, 0) is 48.9 Å². The minimum Gasteiger partial charge on any atom is -0.378 e. The van der Waals surface area contributed by atoms with Crippen molar-refractivity contribution >= 4 is 32.5 Å². The lowest BCUT2D eigenvalue weighted by Gasteiger charge is -2.17. The Balaban J connectivity index is 1.91. The topological polar surface area (TPSA) is 24.9 Å². The molecule has 20 heavy (non-hydrogen) atoms. The molecule has 100 valence electrons. The normalized spacial score (nSPS) is 12.3. The molecule has 0 aliphatic carbocycles. The fourth-order valence-corrected chi connectivity index (χ4v) is 2.56. The second-order valence-electron chi connectivity index (χ2n) is 4.79. The van der Waals surface area contributed by atoms with Crippen LogP contribution in [0.1, 0.15) is 18.5 Å². The lowest BCUT2D eigenvalue weighted by Crippen LogP contribution is -2.06. The summed E-state index contributed by atoms with van der Waals surface area (Å²) < 4.78 is 1.10. The van der Waals surface area contributed by atoms with Gasteiger partial charge in [0.2, 0.25) is 0 Å². The van der Waals surface area contributed by atoms with Crippen molar-refractivity contribution in [3.8, 4) is 0 Å². The molecular weight excluding hydrogens is 312 g/mol. The first-order valence-electron chi connectivity index (χ1n) is 6.60. The van der Waals surface area contributed by atoms with Gasteiger partial charge in [-0.25, -0.2) is 0 Å². The number of benzene rings is 2. The third kappa shape index (κ3) is 2.68. The van der Waals surface area contributed by atoms with Crippen LogP contribution in [0.5, 0.6) is 0 Å². The Labute approximate surface area is 127 Å². The van der Waals surface area contributed by atoms with E-state index in [1.54, 1.807) is 0 Å². The van der Waals surface area contributed by atoms with Gasteiger partial charge < -0.3 is 5.32 Å². The number of nitrogens with zero attached hydrogens (tertiary/aromatic N) is 1. The van der Waals surface area contributed by atoms with Crippen molar-refractivity contribution in [3.63, 3.8) is 0 Å². The zero-order valence-corrected chi connectivity index (χ0v) is 12.8. The van der Waals surface area contributed by atoms with Gasteiger partial charge in [-0.15, -0.1) is 0 Å². The van der Waals surface area contributed by atoms with E-state index in [2.05, 4.69) is 69.6 Å². The van der Waals surface area contributed by atoms with Crippen molar-refractivity contribution in [1.29, 1.82) is 0 Å². The summed E-state index contributed by atoms with van der Waals surface area (Å²) in [5.74, 6) is 0. The molecule has 1 unspecified atom stereocenters. The van der Waals surface area contributed by atoms with Crippen LogP contribution in [0.2, 0.25) is 0 Å². The minimum absolute atomic E-state index is 0.244. The van der Waals surface area contributed by atoms with Crippen LogP contribution < -0.4 is 5.32 Å². The van der Waals surface area contributed by atoms with Gasteiger partial charge in [-0.3, -0.25) is 4.98 Å². The van der Waals surface area contributed by atoms with Crippen LogP contribution >= 0.6 is 15.9 Å². The van der Waals surface area contributed by atoms with Crippen molar-refractivity contribution in [1.82, 2.24) is 4.98 Å². The maximum Gasteiger partial charge on any atom is 0.0722 e. The highest BCUT2D eigenvalue weighted by atomic mass is 79.9. The van der Waals surface area contributed by atoms with Gasteiger partial charge in [-0.2, -0.15) is 0 Å². The quantitative estimate of drug-likeness (QED) is 0.718. The third-order valence-corrected chi connectivity index (χ3v) is 3.92. The fraction of sp³-hybridized carbons (Fsp3) is 0.118. The first-order valence-corrected chi connectivity index (χ1v) is 7.39. The molecule has 1 aromatic heterocycles. The molecule has 1 N–H and O–H groups in total. The van der Waals surface area contributed by atoms with Crippen molar-refractivity contribution in [3.05, 3.63) is 70.8 Å². The fourth-order valence-electron chi connectivity index (χ4n) is 2.30. The van der Waals surface area contributed by atoms with Crippen molar-refractivity contribution in [2.24, 2.45) is 0 Å². The van der Waals surface area contributed by atoms with E-state index in [-0.39, 0.29) is 6.04 Å². The second-order valence-corrected chi connectivity index (χ2v) is 5.71. The minimum atomic E-state index is 0.244. The van der Waals surface area contributed by atoms with E-state index in [0.29, 0.717) is 0 Å². The van der Waals surface area contributed by atoms with Crippen molar-refractivity contribution in [2.75, 3.05) is 5.32 Å². The molecule has 2 nitrogen and oxygen atoms in total. The monoisotopic (exact) mass is 326 g/mol. The zero-order valence-electron chi connectivity index (χ0n) is 11.2. The van der Waals surface area contributed by atoms with E-state index < -0.39 is 0 Å². The smallest absolute Gasteiger partial charge is 0.0722 e. The lowest BCUT2D eigenvalue weighted by atomic mass is 10.1. The number of fused-ring (bicyclic) bond motifs is 1. The van der Waals surface area contributed by atoms with Crippen LogP contribution in [0, 0.1) is 0 Å². The average Bonchev–Trinajstić information content (AvgIpc) is 2.48. The molecule has 0 amide bonds. The van der Waals surface area contributed by atoms with Crippen LogP contribution in [0.4, 0.5) is 5.69 Å². The molecule has 3 rings (SSSR count). The first kappa shape index (κ1) is 13.1. The van der Waals surface area contributed by atoms with E-state index in [1.807, 2.05) is 24.4 Å². The van der Waals surface area contributed by atoms with Crippen molar-refractivity contribution in [2.45, 2.75) is 13.0 Å². The molecule has 2 aromatic carbocycles. The number of pyridine rings is 1. The highest BCUT2D eigenvalue weighted by Gasteiger charge is 2.07. The van der Waals surface area contributed by atoms with Gasteiger partial charge in [0.1, 0.15) is 0 Å². The number of rotatable bonds is 3. The second kappa shape index (κ2) is 5.63. The number of anilines is 1. The Morgan fingerprint density at radius 2 is 1.80 bits per heavy atom. The van der Waals surface area contributed by atoms with Crippen LogP contribution in [-0.4, -0.2) is 4.98 Å². The Bertz CT molecular complexity index is 717. The summed E-state index contributed by atoms with van der Waals surface area (Å²) in [6.45, 7) is 2.17. The summed E-state index contributed by atoms with van der Waals surface area (Å²) in [5, 5.41) is 4.72. The lowest BCUT2D eigenvalue weighted by molar-refractivity contribution is 0.886. The van der Waals surface area contributed by atoms with Crippen LogP contribution in [0.15, 0.2) is 65.3 Å². The van der Waals surface area contributed by atoms with E-state index in [0.717, 1.165) is 21.1 Å². The number of aromatic nitrogens is 1. The largest absolute Gasteiger partial charge is 0.378 e. The molecule has 0 aliphatic rings. The van der Waals surface area contributed by atoms with Gasteiger partial charge in [0, 0.05) is 27.8 Å². The van der Waals surface area contributed by atoms with Crippen LogP contribution in [-0.2, 0) is 0 Å². The summed E-state index contributed by atoms with van der Waals surface area (Å²) in [7, 11) is 0. The van der Waals surface area contributed by atoms with Crippen LogP contribution in [0.3, 0.4) is 0 Å². The van der Waals surface area contributed by atoms with E-state index in [4.69, 9.17) is 0 Å². The standard InChI is InChI=1S/C17H15BrN2/c1-12(13-7-9-14(18)10-8-13)20-17-6-2-5-16-15(17)4-3-11-19-16/h2-12,20H,1H3. The van der Waals surface area contributed by atoms with E-state index >= 15 is 0 Å². The summed E-state index contributed by atoms with van der Waals surface area (Å²) in [4.78, 5) is 4.39. The molecule has 1 heterocycles. The SMILES string of the molecule is CC(Nc1cccc2ncccc12)c1ccc(Br)cc1. The summed E-state index contributed by atoms with van der Waals surface area (Å²) >= 11 is 3.47. The summed E-state index contributed by atoms with van der Waals surface area (Å²) in [6.07, 6.45) is 1.82. The number of hydrogen-bond acceptors (Lipinski definition) is 2. The maximum atomic E-state index is 4.39. The van der Waals surface area contributed by atoms with Crippen molar-refractivity contribution < 1.29 is 0 Å². The van der Waals surface area contributed by atoms with Gasteiger partial charge in [0.25, 0.3) is 0 Å². The number of halogens is 1. The molecule has 0 saturated carbocycles. The molecule has 1 atom stereocenters. The Morgan fingerprint density at radius 1 is 1.00 bits per heavy atom. The Morgan fingerprint density at radius 3 is 2.60 bits per heavy atom. The van der Waals surface area contributed by atoms with Gasteiger partial charge >= 0.3 is 0 Å². The molecule has 3 aromatic rings. The Hall–Kier alpha value is -1.87. The average molecular weight is 327 g/mol. The molecule has 0 fully saturated rings. The highest BCUT2D eigenvalue weighted by molar-refractivity contribution is 9.10. The summed E-state index contributed by atoms with van der Waals surface area (Å²) in [6, 6.07) is 18.9. The highest BCUT2D eigenvalue weighted by Crippen LogP contribution is 2.26. The molecule has 0 saturated heterocycles. The van der Waals surface area contributed by atoms with Crippen LogP contribution in [0.25, 0.3) is 10.9 Å². The third-order valence-electron chi connectivity index (χ3n) is 3.39. The predicted molar refractivity (Wildman–Crippen MR) is 87.9 cm³/mol. The molecular formula is C17H15BrN2. The van der Waals surface area contributed by atoms with E-state index in [1.165, 1.54) is 5.56 Å². The van der Waals surface area contributed by atoms with Gasteiger partial charge in [-0.1, -0.05) is 34.1 Å². The maximum absolute atomic E-state index is 4.39. The summed E-state index contributed by atoms with van der Waals surface area (Å²) in [5.41, 5.74) is 3.39. The van der Waals surface area contributed by atoms with Gasteiger partial charge in [0.05, 0.1) is 5.52 Å². The molecule has 0 spiro atoms. The number of nitrogens with one attached hydrogen (secondary N) is 1. The van der Waals surface area contributed by atoms with E-state index in [9.17, 15) is 0 Å². The zero-order chi connectivity index (χ0) is 13.9. The predicted octanol–water partition coefficient (Wildman–Crippen LogP) is 5.17. The first-order chi connectivity index (χ1) is 9.74. The Kier molecular flexibility index (Phi) is 3.70. The molecule has 0 radical (unpaired) electrons. The molecule has 0 aliphatic heterocycles. The van der Waals surface area contributed by atoms with Gasteiger partial charge in [0.15, 0.2) is 0 Å². The molecule has 3 heteroatoms.